The Morgan fingerprint density at radius 3 is 2.63 bits per heavy atom. The van der Waals surface area contributed by atoms with E-state index >= 15 is 0 Å². The summed E-state index contributed by atoms with van der Waals surface area (Å²) in [6.45, 7) is 0. The van der Waals surface area contributed by atoms with Gasteiger partial charge in [-0.05, 0) is 36.1 Å². The van der Waals surface area contributed by atoms with Crippen LogP contribution in [0, 0.1) is 10.1 Å². The molecule has 0 aliphatic carbocycles. The highest BCUT2D eigenvalue weighted by molar-refractivity contribution is 5.84. The quantitative estimate of drug-likeness (QED) is 0.318. The third kappa shape index (κ3) is 2.75. The number of nitrogens with two attached hydrogens (primary N) is 1. The van der Waals surface area contributed by atoms with Crippen LogP contribution >= 0.6 is 0 Å². The molecule has 7 heteroatoms. The molecule has 0 bridgehead atoms. The Balaban J connectivity index is 1.84. The lowest BCUT2D eigenvalue weighted by Crippen LogP contribution is -2.31. The Kier molecular flexibility index (Phi) is 4.10. The molecule has 1 aliphatic rings. The van der Waals surface area contributed by atoms with Gasteiger partial charge in [-0.2, -0.15) is 0 Å². The summed E-state index contributed by atoms with van der Waals surface area (Å²) in [7, 11) is 0. The number of anilines is 1. The van der Waals surface area contributed by atoms with E-state index in [4.69, 9.17) is 5.73 Å². The first-order valence-corrected chi connectivity index (χ1v) is 9.68. The van der Waals surface area contributed by atoms with Gasteiger partial charge >= 0.3 is 0 Å². The van der Waals surface area contributed by atoms with Gasteiger partial charge in [0.25, 0.3) is 11.2 Å². The van der Waals surface area contributed by atoms with Crippen molar-refractivity contribution in [2.45, 2.75) is 18.9 Å². The van der Waals surface area contributed by atoms with Crippen LogP contribution in [-0.4, -0.2) is 14.5 Å². The van der Waals surface area contributed by atoms with Gasteiger partial charge in [0.1, 0.15) is 5.69 Å². The fourth-order valence-corrected chi connectivity index (χ4v) is 4.28. The molecule has 4 aromatic rings. The average Bonchev–Trinajstić information content (AvgIpc) is 2.77. The summed E-state index contributed by atoms with van der Waals surface area (Å²) in [4.78, 5) is 29.1. The van der Waals surface area contributed by atoms with Crippen LogP contribution in [0.5, 0.6) is 0 Å². The standard InChI is InChI=1S/C23H18N4O3/c24-18-11-10-16(27(29)30)13-17(18)21-23(28)26-20(14-5-2-1-3-6-14)12-9-15-7-4-8-19(25-21)22(15)26/h1-8,10-11,13,20H,9,12,24H2. The predicted octanol–water partition coefficient (Wildman–Crippen LogP) is 4.09. The van der Waals surface area contributed by atoms with Crippen molar-refractivity contribution >= 4 is 22.4 Å². The van der Waals surface area contributed by atoms with Gasteiger partial charge in [-0.3, -0.25) is 19.5 Å². The summed E-state index contributed by atoms with van der Waals surface area (Å²) < 4.78 is 1.78. The third-order valence-corrected chi connectivity index (χ3v) is 5.68. The Bertz CT molecular complexity index is 1360. The molecule has 0 amide bonds. The topological polar surface area (TPSA) is 104 Å². The number of rotatable bonds is 3. The predicted molar refractivity (Wildman–Crippen MR) is 115 cm³/mol. The van der Waals surface area contributed by atoms with Crippen molar-refractivity contribution in [2.24, 2.45) is 0 Å². The van der Waals surface area contributed by atoms with Crippen LogP contribution in [0.1, 0.15) is 23.6 Å². The molecule has 0 saturated carbocycles. The second-order valence-corrected chi connectivity index (χ2v) is 7.41. The van der Waals surface area contributed by atoms with E-state index in [0.717, 1.165) is 29.5 Å². The third-order valence-electron chi connectivity index (χ3n) is 5.68. The zero-order chi connectivity index (χ0) is 20.8. The second-order valence-electron chi connectivity index (χ2n) is 7.41. The number of nitrogen functional groups attached to an aromatic ring is 1. The number of aryl methyl sites for hydroxylation is 1. The summed E-state index contributed by atoms with van der Waals surface area (Å²) >= 11 is 0. The van der Waals surface area contributed by atoms with Crippen molar-refractivity contribution in [1.82, 2.24) is 9.55 Å². The molecule has 0 spiro atoms. The lowest BCUT2D eigenvalue weighted by molar-refractivity contribution is -0.384. The first-order valence-electron chi connectivity index (χ1n) is 9.68. The molecular formula is C23H18N4O3. The first kappa shape index (κ1) is 18.1. The monoisotopic (exact) mass is 398 g/mol. The molecule has 148 valence electrons. The number of hydrogen-bond donors (Lipinski definition) is 1. The van der Waals surface area contributed by atoms with Crippen LogP contribution < -0.4 is 11.3 Å². The van der Waals surface area contributed by atoms with E-state index in [2.05, 4.69) is 4.98 Å². The van der Waals surface area contributed by atoms with Crippen LogP contribution in [-0.2, 0) is 6.42 Å². The lowest BCUT2D eigenvalue weighted by atomic mass is 9.93. The molecule has 7 nitrogen and oxygen atoms in total. The smallest absolute Gasteiger partial charge is 0.278 e. The van der Waals surface area contributed by atoms with Gasteiger partial charge in [0.05, 0.1) is 22.0 Å². The number of hydrogen-bond acceptors (Lipinski definition) is 5. The summed E-state index contributed by atoms with van der Waals surface area (Å²) in [5.41, 5.74) is 9.97. The number of nitrogens with zero attached hydrogens (tertiary/aromatic N) is 3. The van der Waals surface area contributed by atoms with E-state index in [1.165, 1.54) is 18.2 Å². The van der Waals surface area contributed by atoms with Crippen molar-refractivity contribution in [3.63, 3.8) is 0 Å². The van der Waals surface area contributed by atoms with E-state index in [1.807, 2.05) is 48.5 Å². The Labute approximate surface area is 171 Å². The van der Waals surface area contributed by atoms with Crippen molar-refractivity contribution in [3.05, 3.63) is 98.3 Å². The normalized spacial score (nSPS) is 15.3. The van der Waals surface area contributed by atoms with Crippen LogP contribution in [0.4, 0.5) is 11.4 Å². The Morgan fingerprint density at radius 2 is 1.87 bits per heavy atom. The largest absolute Gasteiger partial charge is 0.398 e. The minimum Gasteiger partial charge on any atom is -0.398 e. The first-order chi connectivity index (χ1) is 14.5. The number of aromatic nitrogens is 2. The maximum absolute atomic E-state index is 13.7. The highest BCUT2D eigenvalue weighted by Gasteiger charge is 2.27. The van der Waals surface area contributed by atoms with Crippen LogP contribution in [0.2, 0.25) is 0 Å². The van der Waals surface area contributed by atoms with Gasteiger partial charge in [-0.25, -0.2) is 4.98 Å². The van der Waals surface area contributed by atoms with E-state index in [-0.39, 0.29) is 34.2 Å². The van der Waals surface area contributed by atoms with E-state index in [0.29, 0.717) is 5.52 Å². The van der Waals surface area contributed by atoms with Gasteiger partial charge in [-0.15, -0.1) is 0 Å². The van der Waals surface area contributed by atoms with Crippen molar-refractivity contribution in [1.29, 1.82) is 0 Å². The minimum atomic E-state index is -0.503. The van der Waals surface area contributed by atoms with E-state index < -0.39 is 4.92 Å². The molecule has 1 aromatic heterocycles. The number of para-hydroxylation sites is 1. The molecule has 30 heavy (non-hydrogen) atoms. The Morgan fingerprint density at radius 1 is 1.07 bits per heavy atom. The van der Waals surface area contributed by atoms with Gasteiger partial charge in [-0.1, -0.05) is 42.5 Å². The highest BCUT2D eigenvalue weighted by atomic mass is 16.6. The van der Waals surface area contributed by atoms with Gasteiger partial charge in [0, 0.05) is 23.4 Å². The van der Waals surface area contributed by atoms with E-state index in [9.17, 15) is 14.9 Å². The lowest BCUT2D eigenvalue weighted by Gasteiger charge is -2.28. The molecule has 1 unspecified atom stereocenters. The molecular weight excluding hydrogens is 380 g/mol. The summed E-state index contributed by atoms with van der Waals surface area (Å²) in [6.07, 6.45) is 1.63. The zero-order valence-electron chi connectivity index (χ0n) is 16.0. The van der Waals surface area contributed by atoms with Crippen molar-refractivity contribution in [2.75, 3.05) is 5.73 Å². The maximum atomic E-state index is 13.7. The zero-order valence-corrected chi connectivity index (χ0v) is 16.0. The second kappa shape index (κ2) is 6.81. The van der Waals surface area contributed by atoms with Gasteiger partial charge < -0.3 is 5.73 Å². The molecule has 0 saturated heterocycles. The number of nitro groups is 1. The number of benzene rings is 3. The molecule has 0 fully saturated rings. The summed E-state index contributed by atoms with van der Waals surface area (Å²) in [5, 5.41) is 11.3. The minimum absolute atomic E-state index is 0.128. The van der Waals surface area contributed by atoms with Crippen molar-refractivity contribution in [3.8, 4) is 11.3 Å². The highest BCUT2D eigenvalue weighted by Crippen LogP contribution is 2.35. The van der Waals surface area contributed by atoms with Crippen molar-refractivity contribution < 1.29 is 4.92 Å². The summed E-state index contributed by atoms with van der Waals surface area (Å²) in [5.74, 6) is 0. The molecule has 5 rings (SSSR count). The van der Waals surface area contributed by atoms with E-state index in [1.54, 1.807) is 4.57 Å². The SMILES string of the molecule is Nc1ccc([N+](=O)[O-])cc1-c1nc2cccc3c2n(c1=O)C(c1ccccc1)CC3. The molecule has 0 radical (unpaired) electrons. The summed E-state index contributed by atoms with van der Waals surface area (Å²) in [6, 6.07) is 19.6. The molecule has 2 N–H and O–H groups in total. The fraction of sp³-hybridized carbons (Fsp3) is 0.130. The average molecular weight is 398 g/mol. The molecule has 3 aromatic carbocycles. The maximum Gasteiger partial charge on any atom is 0.278 e. The van der Waals surface area contributed by atoms with Crippen LogP contribution in [0.3, 0.4) is 0 Å². The fourth-order valence-electron chi connectivity index (χ4n) is 4.28. The van der Waals surface area contributed by atoms with Gasteiger partial charge in [0.15, 0.2) is 0 Å². The van der Waals surface area contributed by atoms with Crippen LogP contribution in [0.25, 0.3) is 22.3 Å². The molecule has 2 heterocycles. The molecule has 1 aliphatic heterocycles. The van der Waals surface area contributed by atoms with Gasteiger partial charge in [0.2, 0.25) is 0 Å². The number of non-ortho nitro benzene ring substituents is 1. The Hall–Kier alpha value is -4.00. The molecule has 1 atom stereocenters. The number of nitro benzene ring substituents is 1. The van der Waals surface area contributed by atoms with Crippen LogP contribution in [0.15, 0.2) is 71.5 Å².